The van der Waals surface area contributed by atoms with E-state index in [1.165, 1.54) is 0 Å². The van der Waals surface area contributed by atoms with Crippen LogP contribution in [-0.2, 0) is 14.3 Å². The van der Waals surface area contributed by atoms with Crippen LogP contribution in [0, 0.1) is 5.92 Å². The zero-order chi connectivity index (χ0) is 14.3. The van der Waals surface area contributed by atoms with Gasteiger partial charge in [-0.05, 0) is 31.2 Å². The predicted molar refractivity (Wildman–Crippen MR) is 76.5 cm³/mol. The Balaban J connectivity index is 2.78. The van der Waals surface area contributed by atoms with E-state index < -0.39 is 6.04 Å². The Hall–Kier alpha value is -1.26. The SMILES string of the molecule is CCOC(=O)C(Nc1ccc(Cl)cc1)C(C)COC. The number of methoxy groups -OCH3 is 1. The van der Waals surface area contributed by atoms with Gasteiger partial charge in [0.2, 0.25) is 0 Å². The smallest absolute Gasteiger partial charge is 0.328 e. The first kappa shape index (κ1) is 15.8. The molecule has 5 heteroatoms. The summed E-state index contributed by atoms with van der Waals surface area (Å²) in [5, 5.41) is 3.82. The van der Waals surface area contributed by atoms with Gasteiger partial charge in [-0.25, -0.2) is 4.79 Å². The number of carbonyl (C=O) groups excluding carboxylic acids is 1. The second-order valence-electron chi connectivity index (χ2n) is 4.31. The summed E-state index contributed by atoms with van der Waals surface area (Å²) in [5.41, 5.74) is 0.824. The Kier molecular flexibility index (Phi) is 6.67. The summed E-state index contributed by atoms with van der Waals surface area (Å²) in [5.74, 6) is -0.276. The summed E-state index contributed by atoms with van der Waals surface area (Å²) in [6.07, 6.45) is 0. The molecule has 0 aromatic heterocycles. The number of nitrogens with one attached hydrogen (secondary N) is 1. The van der Waals surface area contributed by atoms with Gasteiger partial charge >= 0.3 is 5.97 Å². The van der Waals surface area contributed by atoms with E-state index in [0.29, 0.717) is 18.2 Å². The molecule has 0 fully saturated rings. The van der Waals surface area contributed by atoms with Crippen LogP contribution in [-0.4, -0.2) is 32.3 Å². The largest absolute Gasteiger partial charge is 0.464 e. The number of esters is 1. The molecular formula is C14H20ClNO3. The van der Waals surface area contributed by atoms with E-state index in [1.54, 1.807) is 26.2 Å². The molecule has 1 N–H and O–H groups in total. The number of anilines is 1. The van der Waals surface area contributed by atoms with Crippen LogP contribution in [0.4, 0.5) is 5.69 Å². The molecule has 19 heavy (non-hydrogen) atoms. The number of benzene rings is 1. The molecule has 0 aliphatic rings. The van der Waals surface area contributed by atoms with Crippen LogP contribution in [0.25, 0.3) is 0 Å². The molecule has 0 aliphatic heterocycles. The topological polar surface area (TPSA) is 47.6 Å². The quantitative estimate of drug-likeness (QED) is 0.783. The van der Waals surface area contributed by atoms with Crippen molar-refractivity contribution >= 4 is 23.3 Å². The summed E-state index contributed by atoms with van der Waals surface area (Å²) in [4.78, 5) is 12.0. The lowest BCUT2D eigenvalue weighted by molar-refractivity contribution is -0.145. The van der Waals surface area contributed by atoms with Crippen molar-refractivity contribution in [3.8, 4) is 0 Å². The summed E-state index contributed by atoms with van der Waals surface area (Å²) in [7, 11) is 1.61. The Morgan fingerprint density at radius 3 is 2.53 bits per heavy atom. The van der Waals surface area contributed by atoms with Gasteiger partial charge in [0.25, 0.3) is 0 Å². The van der Waals surface area contributed by atoms with E-state index >= 15 is 0 Å². The van der Waals surface area contributed by atoms with Gasteiger partial charge in [-0.15, -0.1) is 0 Å². The highest BCUT2D eigenvalue weighted by atomic mass is 35.5. The monoisotopic (exact) mass is 285 g/mol. The summed E-state index contributed by atoms with van der Waals surface area (Å²) in [6.45, 7) is 4.56. The molecular weight excluding hydrogens is 266 g/mol. The lowest BCUT2D eigenvalue weighted by Gasteiger charge is -2.23. The Labute approximate surface area is 119 Å². The van der Waals surface area contributed by atoms with E-state index in [9.17, 15) is 4.79 Å². The highest BCUT2D eigenvalue weighted by Crippen LogP contribution is 2.17. The number of hydrogen-bond donors (Lipinski definition) is 1. The van der Waals surface area contributed by atoms with Crippen molar-refractivity contribution in [3.63, 3.8) is 0 Å². The van der Waals surface area contributed by atoms with Crippen LogP contribution in [0.2, 0.25) is 5.02 Å². The maximum absolute atomic E-state index is 12.0. The third-order valence-corrected chi connectivity index (χ3v) is 2.96. The van der Waals surface area contributed by atoms with E-state index in [0.717, 1.165) is 5.69 Å². The highest BCUT2D eigenvalue weighted by Gasteiger charge is 2.26. The third-order valence-electron chi connectivity index (χ3n) is 2.71. The van der Waals surface area contributed by atoms with Gasteiger partial charge in [-0.3, -0.25) is 0 Å². The van der Waals surface area contributed by atoms with Crippen molar-refractivity contribution in [2.24, 2.45) is 5.92 Å². The fraction of sp³-hybridized carbons (Fsp3) is 0.500. The standard InChI is InChI=1S/C14H20ClNO3/c1-4-19-14(17)13(10(2)9-18-3)16-12-7-5-11(15)6-8-12/h5-8,10,13,16H,4,9H2,1-3H3. The molecule has 0 amide bonds. The zero-order valence-corrected chi connectivity index (χ0v) is 12.2. The van der Waals surface area contributed by atoms with Gasteiger partial charge < -0.3 is 14.8 Å². The Morgan fingerprint density at radius 1 is 1.37 bits per heavy atom. The van der Waals surface area contributed by atoms with Crippen molar-refractivity contribution in [3.05, 3.63) is 29.3 Å². The fourth-order valence-corrected chi connectivity index (χ4v) is 1.88. The number of ether oxygens (including phenoxy) is 2. The number of hydrogen-bond acceptors (Lipinski definition) is 4. The molecule has 0 aliphatic carbocycles. The van der Waals surface area contributed by atoms with Crippen LogP contribution >= 0.6 is 11.6 Å². The fourth-order valence-electron chi connectivity index (χ4n) is 1.75. The van der Waals surface area contributed by atoms with Gasteiger partial charge in [0.1, 0.15) is 6.04 Å². The molecule has 0 saturated heterocycles. The molecule has 4 nitrogen and oxygen atoms in total. The summed E-state index contributed by atoms with van der Waals surface area (Å²) >= 11 is 5.83. The van der Waals surface area contributed by atoms with Gasteiger partial charge in [0.05, 0.1) is 13.2 Å². The van der Waals surface area contributed by atoms with E-state index in [-0.39, 0.29) is 11.9 Å². The average molecular weight is 286 g/mol. The molecule has 2 unspecified atom stereocenters. The molecule has 106 valence electrons. The average Bonchev–Trinajstić information content (AvgIpc) is 2.38. The summed E-state index contributed by atoms with van der Waals surface area (Å²) < 4.78 is 10.2. The van der Waals surface area contributed by atoms with Crippen molar-refractivity contribution < 1.29 is 14.3 Å². The van der Waals surface area contributed by atoms with Gasteiger partial charge in [0.15, 0.2) is 0 Å². The van der Waals surface area contributed by atoms with Crippen molar-refractivity contribution in [2.75, 3.05) is 25.6 Å². The van der Waals surface area contributed by atoms with E-state index in [4.69, 9.17) is 21.1 Å². The normalized spacial score (nSPS) is 13.7. The van der Waals surface area contributed by atoms with Crippen molar-refractivity contribution in [1.29, 1.82) is 0 Å². The maximum Gasteiger partial charge on any atom is 0.328 e. The van der Waals surface area contributed by atoms with Crippen molar-refractivity contribution in [1.82, 2.24) is 0 Å². The minimum atomic E-state index is -0.443. The molecule has 2 atom stereocenters. The molecule has 0 spiro atoms. The van der Waals surface area contributed by atoms with Gasteiger partial charge in [-0.2, -0.15) is 0 Å². The molecule has 1 rings (SSSR count). The van der Waals surface area contributed by atoms with Crippen LogP contribution in [0.1, 0.15) is 13.8 Å². The van der Waals surface area contributed by atoms with Crippen molar-refractivity contribution in [2.45, 2.75) is 19.9 Å². The maximum atomic E-state index is 12.0. The second kappa shape index (κ2) is 8.02. The van der Waals surface area contributed by atoms with E-state index in [2.05, 4.69) is 5.32 Å². The van der Waals surface area contributed by atoms with Gasteiger partial charge in [-0.1, -0.05) is 18.5 Å². The Morgan fingerprint density at radius 2 is 2.00 bits per heavy atom. The van der Waals surface area contributed by atoms with Crippen LogP contribution in [0.5, 0.6) is 0 Å². The first-order chi connectivity index (χ1) is 9.08. The lowest BCUT2D eigenvalue weighted by atomic mass is 10.0. The first-order valence-electron chi connectivity index (χ1n) is 6.26. The molecule has 0 saturated carbocycles. The van der Waals surface area contributed by atoms with E-state index in [1.807, 2.05) is 19.1 Å². The molecule has 0 radical (unpaired) electrons. The number of halogens is 1. The summed E-state index contributed by atoms with van der Waals surface area (Å²) in [6, 6.07) is 6.75. The minimum Gasteiger partial charge on any atom is -0.464 e. The van der Waals surface area contributed by atoms with Crippen LogP contribution < -0.4 is 5.32 Å². The number of carbonyl (C=O) groups is 1. The zero-order valence-electron chi connectivity index (χ0n) is 11.5. The number of rotatable bonds is 7. The second-order valence-corrected chi connectivity index (χ2v) is 4.75. The molecule has 0 heterocycles. The third kappa shape index (κ3) is 5.09. The highest BCUT2D eigenvalue weighted by molar-refractivity contribution is 6.30. The predicted octanol–water partition coefficient (Wildman–Crippen LogP) is 2.97. The molecule has 1 aromatic carbocycles. The van der Waals surface area contributed by atoms with Crippen LogP contribution in [0.3, 0.4) is 0 Å². The Bertz CT molecular complexity index is 394. The molecule has 0 bridgehead atoms. The lowest BCUT2D eigenvalue weighted by Crippen LogP contribution is -2.39. The molecule has 1 aromatic rings. The minimum absolute atomic E-state index is 0.000252. The first-order valence-corrected chi connectivity index (χ1v) is 6.64. The van der Waals surface area contributed by atoms with Crippen LogP contribution in [0.15, 0.2) is 24.3 Å². The van der Waals surface area contributed by atoms with Gasteiger partial charge in [0, 0.05) is 23.7 Å².